The second-order valence-corrected chi connectivity index (χ2v) is 6.47. The van der Waals surface area contributed by atoms with Crippen molar-refractivity contribution >= 4 is 17.5 Å². The first-order chi connectivity index (χ1) is 10.6. The Bertz CT molecular complexity index is 452. The van der Waals surface area contributed by atoms with Crippen LogP contribution in [0.25, 0.3) is 0 Å². The number of carbonyl (C=O) groups is 1. The van der Waals surface area contributed by atoms with Gasteiger partial charge in [-0.1, -0.05) is 33.1 Å². The summed E-state index contributed by atoms with van der Waals surface area (Å²) in [5.41, 5.74) is 0.985. The molecule has 22 heavy (non-hydrogen) atoms. The minimum atomic E-state index is -0.153. The number of aromatic nitrogens is 1. The first-order valence-corrected chi connectivity index (χ1v) is 8.41. The molecule has 1 fully saturated rings. The van der Waals surface area contributed by atoms with Crippen molar-refractivity contribution in [2.45, 2.75) is 58.4 Å². The standard InChI is InChI=1S/C17H28N4O/c1-13(2)10-11-18-15-8-9-16(19-12-15)21-17(22)20-14-6-4-3-5-7-14/h8-9,12-14,18H,3-7,10-11H2,1-2H3,(H2,19,20,21,22). The summed E-state index contributed by atoms with van der Waals surface area (Å²) in [6.07, 6.45) is 8.76. The number of rotatable bonds is 6. The quantitative estimate of drug-likeness (QED) is 0.744. The van der Waals surface area contributed by atoms with Crippen LogP contribution in [0.3, 0.4) is 0 Å². The van der Waals surface area contributed by atoms with Crippen molar-refractivity contribution in [1.82, 2.24) is 10.3 Å². The van der Waals surface area contributed by atoms with Gasteiger partial charge in [-0.05, 0) is 37.3 Å². The van der Waals surface area contributed by atoms with Crippen LogP contribution in [0.15, 0.2) is 18.3 Å². The van der Waals surface area contributed by atoms with Crippen LogP contribution in [0, 0.1) is 5.92 Å². The van der Waals surface area contributed by atoms with Crippen LogP contribution in [0.4, 0.5) is 16.3 Å². The Morgan fingerprint density at radius 1 is 1.27 bits per heavy atom. The van der Waals surface area contributed by atoms with Gasteiger partial charge in [0.25, 0.3) is 0 Å². The number of nitrogens with zero attached hydrogens (tertiary/aromatic N) is 1. The van der Waals surface area contributed by atoms with E-state index in [1.807, 2.05) is 12.1 Å². The topological polar surface area (TPSA) is 66.0 Å². The summed E-state index contributed by atoms with van der Waals surface area (Å²) in [6, 6.07) is 3.94. The number of pyridine rings is 1. The Kier molecular flexibility index (Phi) is 6.49. The summed E-state index contributed by atoms with van der Waals surface area (Å²) in [5, 5.41) is 9.16. The lowest BCUT2D eigenvalue weighted by Gasteiger charge is -2.22. The van der Waals surface area contributed by atoms with Gasteiger partial charge in [-0.25, -0.2) is 9.78 Å². The average molecular weight is 304 g/mol. The monoisotopic (exact) mass is 304 g/mol. The number of hydrogen-bond acceptors (Lipinski definition) is 3. The van der Waals surface area contributed by atoms with Crippen LogP contribution in [0.1, 0.15) is 52.4 Å². The van der Waals surface area contributed by atoms with Gasteiger partial charge in [0.05, 0.1) is 11.9 Å². The van der Waals surface area contributed by atoms with Crippen LogP contribution < -0.4 is 16.0 Å². The molecule has 0 spiro atoms. The molecule has 1 aliphatic rings. The fourth-order valence-corrected chi connectivity index (χ4v) is 2.66. The van der Waals surface area contributed by atoms with Crippen molar-refractivity contribution in [1.29, 1.82) is 0 Å². The molecule has 2 amide bonds. The molecule has 0 unspecified atom stereocenters. The maximum atomic E-state index is 11.9. The summed E-state index contributed by atoms with van der Waals surface area (Å²) in [5.74, 6) is 1.27. The molecule has 0 bridgehead atoms. The number of urea groups is 1. The van der Waals surface area contributed by atoms with Crippen molar-refractivity contribution in [2.75, 3.05) is 17.2 Å². The minimum Gasteiger partial charge on any atom is -0.384 e. The highest BCUT2D eigenvalue weighted by atomic mass is 16.2. The molecule has 1 aromatic rings. The zero-order chi connectivity index (χ0) is 15.8. The van der Waals surface area contributed by atoms with Crippen LogP contribution in [-0.4, -0.2) is 23.6 Å². The van der Waals surface area contributed by atoms with E-state index in [9.17, 15) is 4.79 Å². The van der Waals surface area contributed by atoms with Gasteiger partial charge in [-0.2, -0.15) is 0 Å². The predicted octanol–water partition coefficient (Wildman–Crippen LogP) is 3.99. The highest BCUT2D eigenvalue weighted by molar-refractivity contribution is 5.88. The van der Waals surface area contributed by atoms with Crippen molar-refractivity contribution in [3.8, 4) is 0 Å². The Labute approximate surface area is 133 Å². The van der Waals surface area contributed by atoms with E-state index in [2.05, 4.69) is 34.8 Å². The van der Waals surface area contributed by atoms with E-state index in [1.165, 1.54) is 19.3 Å². The average Bonchev–Trinajstić information content (AvgIpc) is 2.49. The summed E-state index contributed by atoms with van der Waals surface area (Å²) in [4.78, 5) is 16.2. The van der Waals surface area contributed by atoms with Crippen molar-refractivity contribution in [2.24, 2.45) is 5.92 Å². The first-order valence-electron chi connectivity index (χ1n) is 8.41. The lowest BCUT2D eigenvalue weighted by Crippen LogP contribution is -2.39. The predicted molar refractivity (Wildman–Crippen MR) is 91.2 cm³/mol. The highest BCUT2D eigenvalue weighted by Gasteiger charge is 2.15. The van der Waals surface area contributed by atoms with Gasteiger partial charge in [-0.15, -0.1) is 0 Å². The van der Waals surface area contributed by atoms with Gasteiger partial charge in [0.15, 0.2) is 0 Å². The van der Waals surface area contributed by atoms with E-state index in [1.54, 1.807) is 6.20 Å². The maximum Gasteiger partial charge on any atom is 0.320 e. The molecule has 1 saturated carbocycles. The van der Waals surface area contributed by atoms with Crippen LogP contribution in [0.2, 0.25) is 0 Å². The zero-order valence-electron chi connectivity index (χ0n) is 13.7. The lowest BCUT2D eigenvalue weighted by atomic mass is 9.96. The third kappa shape index (κ3) is 5.92. The SMILES string of the molecule is CC(C)CCNc1ccc(NC(=O)NC2CCCCC2)nc1. The Morgan fingerprint density at radius 2 is 2.05 bits per heavy atom. The molecule has 5 nitrogen and oxygen atoms in total. The van der Waals surface area contributed by atoms with Crippen molar-refractivity contribution in [3.05, 3.63) is 18.3 Å². The fourth-order valence-electron chi connectivity index (χ4n) is 2.66. The lowest BCUT2D eigenvalue weighted by molar-refractivity contribution is 0.244. The summed E-state index contributed by atoms with van der Waals surface area (Å²) in [7, 11) is 0. The third-order valence-corrected chi connectivity index (χ3v) is 4.00. The van der Waals surface area contributed by atoms with Crippen LogP contribution in [0.5, 0.6) is 0 Å². The van der Waals surface area contributed by atoms with E-state index in [-0.39, 0.29) is 6.03 Å². The van der Waals surface area contributed by atoms with Gasteiger partial charge in [-0.3, -0.25) is 5.32 Å². The Morgan fingerprint density at radius 3 is 2.68 bits per heavy atom. The largest absolute Gasteiger partial charge is 0.384 e. The van der Waals surface area contributed by atoms with Gasteiger partial charge in [0, 0.05) is 12.6 Å². The molecule has 0 atom stereocenters. The molecule has 0 radical (unpaired) electrons. The molecule has 3 N–H and O–H groups in total. The van der Waals surface area contributed by atoms with E-state index >= 15 is 0 Å². The van der Waals surface area contributed by atoms with Crippen molar-refractivity contribution < 1.29 is 4.79 Å². The van der Waals surface area contributed by atoms with Gasteiger partial charge in [0.1, 0.15) is 5.82 Å². The molecule has 2 rings (SSSR count). The smallest absolute Gasteiger partial charge is 0.320 e. The van der Waals surface area contributed by atoms with E-state index < -0.39 is 0 Å². The number of amides is 2. The summed E-state index contributed by atoms with van der Waals surface area (Å²) >= 11 is 0. The molecule has 1 heterocycles. The van der Waals surface area contributed by atoms with Crippen LogP contribution >= 0.6 is 0 Å². The van der Waals surface area contributed by atoms with Gasteiger partial charge in [0.2, 0.25) is 0 Å². The van der Waals surface area contributed by atoms with Gasteiger partial charge >= 0.3 is 6.03 Å². The van der Waals surface area contributed by atoms with Gasteiger partial charge < -0.3 is 10.6 Å². The molecular formula is C17H28N4O. The molecule has 0 saturated heterocycles. The summed E-state index contributed by atoms with van der Waals surface area (Å²) in [6.45, 7) is 5.35. The van der Waals surface area contributed by atoms with E-state index in [0.717, 1.165) is 31.5 Å². The zero-order valence-corrected chi connectivity index (χ0v) is 13.7. The summed E-state index contributed by atoms with van der Waals surface area (Å²) < 4.78 is 0. The molecule has 5 heteroatoms. The third-order valence-electron chi connectivity index (χ3n) is 4.00. The first kappa shape index (κ1) is 16.6. The number of hydrogen-bond donors (Lipinski definition) is 3. The minimum absolute atomic E-state index is 0.153. The Balaban J connectivity index is 1.74. The molecular weight excluding hydrogens is 276 g/mol. The molecule has 0 aromatic carbocycles. The van der Waals surface area contributed by atoms with E-state index in [4.69, 9.17) is 0 Å². The molecule has 1 aliphatic carbocycles. The fraction of sp³-hybridized carbons (Fsp3) is 0.647. The van der Waals surface area contributed by atoms with Crippen LogP contribution in [-0.2, 0) is 0 Å². The second-order valence-electron chi connectivity index (χ2n) is 6.47. The second kappa shape index (κ2) is 8.61. The number of anilines is 2. The molecule has 122 valence electrons. The van der Waals surface area contributed by atoms with E-state index in [0.29, 0.717) is 17.8 Å². The normalized spacial score (nSPS) is 15.6. The van der Waals surface area contributed by atoms with Crippen molar-refractivity contribution in [3.63, 3.8) is 0 Å². The number of nitrogens with one attached hydrogen (secondary N) is 3. The number of carbonyl (C=O) groups excluding carboxylic acids is 1. The maximum absolute atomic E-state index is 11.9. The highest BCUT2D eigenvalue weighted by Crippen LogP contribution is 2.17. The Hall–Kier alpha value is -1.78. The molecule has 1 aromatic heterocycles. The molecule has 0 aliphatic heterocycles.